The van der Waals surface area contributed by atoms with Crippen LogP contribution < -0.4 is 11.0 Å². The molecule has 2 aromatic rings. The summed E-state index contributed by atoms with van der Waals surface area (Å²) in [6.07, 6.45) is 0. The topological polar surface area (TPSA) is 62.7 Å². The van der Waals surface area contributed by atoms with Crippen molar-refractivity contribution in [1.82, 2.24) is 20.1 Å². The molecule has 19 heavy (non-hydrogen) atoms. The van der Waals surface area contributed by atoms with E-state index in [1.165, 1.54) is 11.8 Å². The van der Waals surface area contributed by atoms with Gasteiger partial charge in [-0.25, -0.2) is 9.89 Å². The van der Waals surface area contributed by atoms with Gasteiger partial charge in [-0.2, -0.15) is 0 Å². The molecular formula is C12H15ClN4OS. The van der Waals surface area contributed by atoms with Gasteiger partial charge in [-0.05, 0) is 49.5 Å². The van der Waals surface area contributed by atoms with Crippen LogP contribution in [0.5, 0.6) is 0 Å². The normalized spacial score (nSPS) is 10.9. The van der Waals surface area contributed by atoms with E-state index in [-0.39, 0.29) is 5.69 Å². The smallest absolute Gasteiger partial charge is 0.316 e. The van der Waals surface area contributed by atoms with Crippen molar-refractivity contribution in [2.24, 2.45) is 0 Å². The Hall–Kier alpha value is -1.24. The third-order valence-electron chi connectivity index (χ3n) is 2.63. The first-order valence-corrected chi connectivity index (χ1v) is 7.11. The summed E-state index contributed by atoms with van der Waals surface area (Å²) in [5.41, 5.74) is 0.896. The molecule has 1 aromatic heterocycles. The number of nitrogens with zero attached hydrogens (tertiary/aromatic N) is 2. The van der Waals surface area contributed by atoms with Gasteiger partial charge >= 0.3 is 5.69 Å². The first-order valence-electron chi connectivity index (χ1n) is 5.91. The Morgan fingerprint density at radius 2 is 2.32 bits per heavy atom. The van der Waals surface area contributed by atoms with Gasteiger partial charge in [0, 0.05) is 23.0 Å². The molecule has 0 fully saturated rings. The summed E-state index contributed by atoms with van der Waals surface area (Å²) in [5, 5.41) is 11.0. The van der Waals surface area contributed by atoms with Crippen LogP contribution >= 0.6 is 23.4 Å². The molecular weight excluding hydrogens is 284 g/mol. The number of aromatic amines is 1. The third kappa shape index (κ3) is 3.20. The monoisotopic (exact) mass is 298 g/mol. The molecule has 2 N–H and O–H groups in total. The molecule has 0 spiro atoms. The minimum Gasteiger partial charge on any atom is -0.316 e. The molecule has 0 aliphatic heterocycles. The molecule has 0 saturated carbocycles. The van der Waals surface area contributed by atoms with Crippen molar-refractivity contribution in [1.29, 1.82) is 0 Å². The fraction of sp³-hybridized carbons (Fsp3) is 0.333. The van der Waals surface area contributed by atoms with Crippen LogP contribution in [0.3, 0.4) is 0 Å². The van der Waals surface area contributed by atoms with E-state index >= 15 is 0 Å². The zero-order valence-corrected chi connectivity index (χ0v) is 12.3. The zero-order chi connectivity index (χ0) is 13.8. The zero-order valence-electron chi connectivity index (χ0n) is 10.7. The molecule has 0 radical (unpaired) electrons. The third-order valence-corrected chi connectivity index (χ3v) is 3.98. The maximum absolute atomic E-state index is 11.5. The van der Waals surface area contributed by atoms with Gasteiger partial charge in [-0.3, -0.25) is 4.57 Å². The van der Waals surface area contributed by atoms with Crippen LogP contribution in [0, 0.1) is 0 Å². The Labute approximate surface area is 120 Å². The second kappa shape index (κ2) is 6.27. The molecule has 7 heteroatoms. The standard InChI is InChI=1S/C12H15ClN4OS/c1-3-17-11(18)15-16-12(17)19-10-5-4-9(13)6-8(10)7-14-2/h4-6,14H,3,7H2,1-2H3,(H,15,18). The van der Waals surface area contributed by atoms with Gasteiger partial charge in [0.2, 0.25) is 0 Å². The van der Waals surface area contributed by atoms with E-state index < -0.39 is 0 Å². The lowest BCUT2D eigenvalue weighted by molar-refractivity contribution is 0.660. The van der Waals surface area contributed by atoms with E-state index in [2.05, 4.69) is 15.5 Å². The molecule has 2 rings (SSSR count). The van der Waals surface area contributed by atoms with Crippen molar-refractivity contribution >= 4 is 23.4 Å². The molecule has 0 bridgehead atoms. The molecule has 0 atom stereocenters. The number of rotatable bonds is 5. The number of halogens is 1. The molecule has 0 saturated heterocycles. The van der Waals surface area contributed by atoms with E-state index in [0.29, 0.717) is 23.3 Å². The highest BCUT2D eigenvalue weighted by molar-refractivity contribution is 7.99. The predicted octanol–water partition coefficient (Wildman–Crippen LogP) is 2.12. The van der Waals surface area contributed by atoms with E-state index in [4.69, 9.17) is 11.6 Å². The SMILES string of the molecule is CCn1c(Sc2ccc(Cl)cc2CNC)n[nH]c1=O. The lowest BCUT2D eigenvalue weighted by Gasteiger charge is -2.09. The molecule has 102 valence electrons. The van der Waals surface area contributed by atoms with E-state index in [0.717, 1.165) is 10.5 Å². The number of aromatic nitrogens is 3. The highest BCUT2D eigenvalue weighted by Gasteiger charge is 2.11. The summed E-state index contributed by atoms with van der Waals surface area (Å²) >= 11 is 7.46. The molecule has 0 aliphatic rings. The first kappa shape index (κ1) is 14.2. The Kier molecular flexibility index (Phi) is 4.68. The molecule has 0 amide bonds. The van der Waals surface area contributed by atoms with Crippen molar-refractivity contribution in [3.63, 3.8) is 0 Å². The van der Waals surface area contributed by atoms with Gasteiger partial charge < -0.3 is 5.32 Å². The highest BCUT2D eigenvalue weighted by Crippen LogP contribution is 2.30. The minimum absolute atomic E-state index is 0.186. The van der Waals surface area contributed by atoms with Gasteiger partial charge in [0.1, 0.15) is 0 Å². The summed E-state index contributed by atoms with van der Waals surface area (Å²) < 4.78 is 1.60. The summed E-state index contributed by atoms with van der Waals surface area (Å²) in [5.74, 6) is 0. The van der Waals surface area contributed by atoms with Gasteiger partial charge in [0.25, 0.3) is 0 Å². The maximum Gasteiger partial charge on any atom is 0.343 e. The Morgan fingerprint density at radius 1 is 1.53 bits per heavy atom. The van der Waals surface area contributed by atoms with Gasteiger partial charge in [0.15, 0.2) is 5.16 Å². The van der Waals surface area contributed by atoms with Crippen LogP contribution in [-0.2, 0) is 13.1 Å². The van der Waals surface area contributed by atoms with Crippen LogP contribution in [0.2, 0.25) is 5.02 Å². The van der Waals surface area contributed by atoms with Crippen LogP contribution in [-0.4, -0.2) is 21.8 Å². The van der Waals surface area contributed by atoms with E-state index in [9.17, 15) is 4.79 Å². The van der Waals surface area contributed by atoms with Crippen LogP contribution in [0.4, 0.5) is 0 Å². The summed E-state index contributed by atoms with van der Waals surface area (Å²) in [4.78, 5) is 12.6. The maximum atomic E-state index is 11.5. The number of benzene rings is 1. The number of H-pyrrole nitrogens is 1. The Balaban J connectivity index is 2.34. The molecule has 0 unspecified atom stereocenters. The van der Waals surface area contributed by atoms with Crippen molar-refractivity contribution in [3.05, 3.63) is 39.3 Å². The average molecular weight is 299 g/mol. The minimum atomic E-state index is -0.186. The fourth-order valence-electron chi connectivity index (χ4n) is 1.73. The number of hydrogen-bond donors (Lipinski definition) is 2. The quantitative estimate of drug-likeness (QED) is 0.887. The second-order valence-corrected chi connectivity index (χ2v) is 5.39. The van der Waals surface area contributed by atoms with Crippen molar-refractivity contribution in [3.8, 4) is 0 Å². The molecule has 5 nitrogen and oxygen atoms in total. The lowest BCUT2D eigenvalue weighted by Crippen LogP contribution is -2.16. The van der Waals surface area contributed by atoms with Crippen molar-refractivity contribution < 1.29 is 0 Å². The number of nitrogens with one attached hydrogen (secondary N) is 2. The van der Waals surface area contributed by atoms with Gasteiger partial charge in [-0.1, -0.05) is 11.6 Å². The average Bonchev–Trinajstić information content (AvgIpc) is 2.73. The van der Waals surface area contributed by atoms with Gasteiger partial charge in [-0.15, -0.1) is 5.10 Å². The van der Waals surface area contributed by atoms with Crippen LogP contribution in [0.1, 0.15) is 12.5 Å². The van der Waals surface area contributed by atoms with Crippen LogP contribution in [0.25, 0.3) is 0 Å². The summed E-state index contributed by atoms with van der Waals surface area (Å²) in [7, 11) is 1.88. The van der Waals surface area contributed by atoms with Gasteiger partial charge in [0.05, 0.1) is 0 Å². The van der Waals surface area contributed by atoms with Crippen LogP contribution in [0.15, 0.2) is 33.0 Å². The van der Waals surface area contributed by atoms with E-state index in [1.54, 1.807) is 4.57 Å². The molecule has 1 aromatic carbocycles. The Morgan fingerprint density at radius 3 is 3.00 bits per heavy atom. The van der Waals surface area contributed by atoms with Crippen molar-refractivity contribution in [2.45, 2.75) is 30.1 Å². The lowest BCUT2D eigenvalue weighted by atomic mass is 10.2. The summed E-state index contributed by atoms with van der Waals surface area (Å²) in [6.45, 7) is 3.22. The number of hydrogen-bond acceptors (Lipinski definition) is 4. The Bertz CT molecular complexity index is 622. The second-order valence-electron chi connectivity index (χ2n) is 3.94. The van der Waals surface area contributed by atoms with Crippen molar-refractivity contribution in [2.75, 3.05) is 7.05 Å². The largest absolute Gasteiger partial charge is 0.343 e. The summed E-state index contributed by atoms with van der Waals surface area (Å²) in [6, 6.07) is 5.70. The first-order chi connectivity index (χ1) is 9.15. The molecule has 1 heterocycles. The predicted molar refractivity (Wildman–Crippen MR) is 76.9 cm³/mol. The fourth-order valence-corrected chi connectivity index (χ4v) is 2.94. The molecule has 0 aliphatic carbocycles. The van der Waals surface area contributed by atoms with E-state index in [1.807, 2.05) is 32.2 Å². The highest BCUT2D eigenvalue weighted by atomic mass is 35.5.